The highest BCUT2D eigenvalue weighted by Crippen LogP contribution is 2.12. The van der Waals surface area contributed by atoms with E-state index in [0.29, 0.717) is 12.4 Å². The van der Waals surface area contributed by atoms with Crippen LogP contribution in [0.25, 0.3) is 0 Å². The number of rotatable bonds is 2. The average Bonchev–Trinajstić information content (AvgIpc) is 2.25. The number of aryl methyl sites for hydroxylation is 2. The summed E-state index contributed by atoms with van der Waals surface area (Å²) in [4.78, 5) is 15.8. The Morgan fingerprint density at radius 2 is 2.06 bits per heavy atom. The number of aromatic nitrogens is 2. The lowest BCUT2D eigenvalue weighted by Gasteiger charge is -2.11. The van der Waals surface area contributed by atoms with Gasteiger partial charge in [-0.25, -0.2) is 9.37 Å². The fourth-order valence-electron chi connectivity index (χ4n) is 1.79. The largest absolute Gasteiger partial charge is 0.292 e. The summed E-state index contributed by atoms with van der Waals surface area (Å²) in [6.45, 7) is 3.88. The van der Waals surface area contributed by atoms with Crippen LogP contribution in [-0.4, -0.2) is 9.55 Å². The van der Waals surface area contributed by atoms with E-state index < -0.39 is 0 Å². The van der Waals surface area contributed by atoms with Gasteiger partial charge >= 0.3 is 0 Å². The van der Waals surface area contributed by atoms with Gasteiger partial charge in [-0.1, -0.05) is 17.7 Å². The van der Waals surface area contributed by atoms with Crippen LogP contribution in [0.3, 0.4) is 0 Å². The quantitative estimate of drug-likeness (QED) is 0.784. The van der Waals surface area contributed by atoms with Gasteiger partial charge < -0.3 is 0 Å². The zero-order chi connectivity index (χ0) is 13.3. The highest BCUT2D eigenvalue weighted by molar-refractivity contribution is 6.29. The van der Waals surface area contributed by atoms with Crippen LogP contribution in [0.4, 0.5) is 4.39 Å². The molecule has 18 heavy (non-hydrogen) atoms. The van der Waals surface area contributed by atoms with Crippen LogP contribution in [0, 0.1) is 19.7 Å². The second-order valence-corrected chi connectivity index (χ2v) is 4.51. The van der Waals surface area contributed by atoms with Gasteiger partial charge in [0.25, 0.3) is 5.56 Å². The van der Waals surface area contributed by atoms with Crippen molar-refractivity contribution in [2.24, 2.45) is 0 Å². The average molecular weight is 267 g/mol. The van der Waals surface area contributed by atoms with Gasteiger partial charge in [-0.2, -0.15) is 0 Å². The van der Waals surface area contributed by atoms with E-state index in [1.165, 1.54) is 22.8 Å². The van der Waals surface area contributed by atoms with Gasteiger partial charge in [-0.15, -0.1) is 0 Å². The van der Waals surface area contributed by atoms with Crippen molar-refractivity contribution < 1.29 is 4.39 Å². The summed E-state index contributed by atoms with van der Waals surface area (Å²) in [6, 6.07) is 5.77. The highest BCUT2D eigenvalue weighted by Gasteiger charge is 2.07. The summed E-state index contributed by atoms with van der Waals surface area (Å²) in [5.41, 5.74) is 1.47. The van der Waals surface area contributed by atoms with Crippen molar-refractivity contribution in [1.29, 1.82) is 0 Å². The molecule has 0 aliphatic heterocycles. The summed E-state index contributed by atoms with van der Waals surface area (Å²) < 4.78 is 14.5. The predicted molar refractivity (Wildman–Crippen MR) is 68.5 cm³/mol. The van der Waals surface area contributed by atoms with E-state index in [-0.39, 0.29) is 16.5 Å². The molecule has 0 bridgehead atoms. The molecule has 0 atom stereocenters. The second kappa shape index (κ2) is 4.90. The van der Waals surface area contributed by atoms with E-state index in [9.17, 15) is 9.18 Å². The van der Waals surface area contributed by atoms with Crippen LogP contribution in [0.15, 0.2) is 29.1 Å². The van der Waals surface area contributed by atoms with Gasteiger partial charge in [-0.05, 0) is 37.1 Å². The fourth-order valence-corrected chi connectivity index (χ4v) is 2.00. The van der Waals surface area contributed by atoms with E-state index in [4.69, 9.17) is 11.6 Å². The van der Waals surface area contributed by atoms with Crippen LogP contribution in [-0.2, 0) is 6.54 Å². The van der Waals surface area contributed by atoms with Gasteiger partial charge in [0.2, 0.25) is 0 Å². The smallest absolute Gasteiger partial charge is 0.255 e. The van der Waals surface area contributed by atoms with Gasteiger partial charge in [-0.3, -0.25) is 9.36 Å². The first-order chi connectivity index (χ1) is 8.47. The molecule has 2 rings (SSSR count). The summed E-state index contributed by atoms with van der Waals surface area (Å²) in [5, 5.41) is 0.185. The summed E-state index contributed by atoms with van der Waals surface area (Å²) >= 11 is 5.70. The summed E-state index contributed by atoms with van der Waals surface area (Å²) in [5.74, 6) is 0.255. The molecule has 0 saturated heterocycles. The SMILES string of the molecule is Cc1cc(F)ccc1Cn1c(C)nc(Cl)cc1=O. The first-order valence-corrected chi connectivity index (χ1v) is 5.84. The van der Waals surface area contributed by atoms with Crippen molar-refractivity contribution >= 4 is 11.6 Å². The van der Waals surface area contributed by atoms with E-state index in [1.54, 1.807) is 13.0 Å². The Hall–Kier alpha value is -1.68. The molecule has 0 unspecified atom stereocenters. The number of halogens is 2. The Balaban J connectivity index is 2.43. The van der Waals surface area contributed by atoms with Crippen LogP contribution in [0.1, 0.15) is 17.0 Å². The van der Waals surface area contributed by atoms with Crippen LogP contribution >= 0.6 is 11.6 Å². The minimum atomic E-state index is -0.283. The van der Waals surface area contributed by atoms with Crippen molar-refractivity contribution in [3.05, 3.63) is 62.5 Å². The molecular weight excluding hydrogens is 255 g/mol. The molecule has 1 aromatic carbocycles. The molecule has 0 saturated carbocycles. The van der Waals surface area contributed by atoms with Crippen molar-refractivity contribution in [2.75, 3.05) is 0 Å². The number of benzene rings is 1. The number of nitrogens with zero attached hydrogens (tertiary/aromatic N) is 2. The molecule has 0 fully saturated rings. The summed E-state index contributed by atoms with van der Waals surface area (Å²) in [6.07, 6.45) is 0. The third kappa shape index (κ3) is 2.59. The first-order valence-electron chi connectivity index (χ1n) is 5.46. The Kier molecular flexibility index (Phi) is 3.48. The Bertz CT molecular complexity index is 652. The molecule has 0 amide bonds. The van der Waals surface area contributed by atoms with Gasteiger partial charge in [0, 0.05) is 6.07 Å². The van der Waals surface area contributed by atoms with Gasteiger partial charge in [0.05, 0.1) is 6.54 Å². The molecule has 0 aliphatic carbocycles. The molecule has 94 valence electrons. The van der Waals surface area contributed by atoms with E-state index in [0.717, 1.165) is 11.1 Å². The molecule has 1 aromatic heterocycles. The van der Waals surface area contributed by atoms with Crippen molar-refractivity contribution in [2.45, 2.75) is 20.4 Å². The van der Waals surface area contributed by atoms with Crippen LogP contribution in [0.5, 0.6) is 0 Å². The second-order valence-electron chi connectivity index (χ2n) is 4.12. The number of hydrogen-bond donors (Lipinski definition) is 0. The van der Waals surface area contributed by atoms with Crippen LogP contribution in [0.2, 0.25) is 5.15 Å². The third-order valence-corrected chi connectivity index (χ3v) is 2.99. The van der Waals surface area contributed by atoms with E-state index in [1.807, 2.05) is 6.92 Å². The highest BCUT2D eigenvalue weighted by atomic mass is 35.5. The van der Waals surface area contributed by atoms with E-state index in [2.05, 4.69) is 4.98 Å². The van der Waals surface area contributed by atoms with Crippen molar-refractivity contribution in [3.8, 4) is 0 Å². The molecule has 0 radical (unpaired) electrons. The lowest BCUT2D eigenvalue weighted by Crippen LogP contribution is -2.23. The molecular formula is C13H12ClFN2O. The Morgan fingerprint density at radius 3 is 2.67 bits per heavy atom. The molecule has 0 spiro atoms. The minimum absolute atomic E-state index is 0.185. The van der Waals surface area contributed by atoms with Gasteiger partial charge in [0.1, 0.15) is 16.8 Å². The molecule has 2 aromatic rings. The lowest BCUT2D eigenvalue weighted by molar-refractivity contribution is 0.623. The maximum atomic E-state index is 13.0. The molecule has 5 heteroatoms. The fraction of sp³-hybridized carbons (Fsp3) is 0.231. The minimum Gasteiger partial charge on any atom is -0.292 e. The van der Waals surface area contributed by atoms with Gasteiger partial charge in [0.15, 0.2) is 0 Å². The summed E-state index contributed by atoms with van der Waals surface area (Å²) in [7, 11) is 0. The predicted octanol–water partition coefficient (Wildman–Crippen LogP) is 2.70. The number of hydrogen-bond acceptors (Lipinski definition) is 2. The zero-order valence-electron chi connectivity index (χ0n) is 10.1. The van der Waals surface area contributed by atoms with Crippen LogP contribution < -0.4 is 5.56 Å². The maximum absolute atomic E-state index is 13.0. The Labute approximate surface area is 109 Å². The van der Waals surface area contributed by atoms with E-state index >= 15 is 0 Å². The standard InChI is InChI=1S/C13H12ClFN2O/c1-8-5-11(15)4-3-10(8)7-17-9(2)16-12(14)6-13(17)18/h3-6H,7H2,1-2H3. The Morgan fingerprint density at radius 1 is 1.33 bits per heavy atom. The zero-order valence-corrected chi connectivity index (χ0v) is 10.8. The molecule has 3 nitrogen and oxygen atoms in total. The molecule has 0 N–H and O–H groups in total. The third-order valence-electron chi connectivity index (χ3n) is 2.80. The lowest BCUT2D eigenvalue weighted by atomic mass is 10.1. The first kappa shape index (κ1) is 12.8. The topological polar surface area (TPSA) is 34.9 Å². The van der Waals surface area contributed by atoms with Crippen molar-refractivity contribution in [1.82, 2.24) is 9.55 Å². The molecule has 0 aliphatic rings. The maximum Gasteiger partial charge on any atom is 0.255 e. The monoisotopic (exact) mass is 266 g/mol. The normalized spacial score (nSPS) is 10.7. The molecule has 1 heterocycles. The van der Waals surface area contributed by atoms with Crippen molar-refractivity contribution in [3.63, 3.8) is 0 Å².